The molecule has 55 heavy (non-hydrogen) atoms. The van der Waals surface area contributed by atoms with E-state index in [2.05, 4.69) is 169 Å². The number of nitriles is 1. The zero-order chi connectivity index (χ0) is 36.5. The maximum absolute atomic E-state index is 9.19. The van der Waals surface area contributed by atoms with Gasteiger partial charge in [-0.2, -0.15) is 5.26 Å². The maximum Gasteiger partial charge on any atom is 0.137 e. The average molecular weight is 703 g/mol. The van der Waals surface area contributed by atoms with Crippen molar-refractivity contribution in [3.63, 3.8) is 0 Å². The van der Waals surface area contributed by atoms with Gasteiger partial charge in [-0.25, -0.2) is 0 Å². The number of nitrogens with zero attached hydrogens (tertiary/aromatic N) is 2. The summed E-state index contributed by atoms with van der Waals surface area (Å²) in [6.07, 6.45) is 0. The Hall–Kier alpha value is -7.61. The van der Waals surface area contributed by atoms with E-state index in [1.165, 1.54) is 21.5 Å². The largest absolute Gasteiger partial charge is 0.456 e. The Morgan fingerprint density at radius 3 is 1.25 bits per heavy atom. The van der Waals surface area contributed by atoms with Gasteiger partial charge in [0.1, 0.15) is 22.3 Å². The standard InChI is InChI=1S/C51H30N2O2/c52-31-32-9-11-33(12-10-32)34-13-15-35(16-14-34)36-17-21-39(22-18-36)53(40-23-25-44-48(29-40)54-46-27-19-37-5-1-3-7-42(37)50(44)46)41-24-26-45-49(30-41)55-47-28-20-38-6-2-4-8-43(38)51(45)47/h1-30H. The van der Waals surface area contributed by atoms with Crippen LogP contribution in [0.15, 0.2) is 191 Å². The van der Waals surface area contributed by atoms with E-state index in [-0.39, 0.29) is 0 Å². The number of rotatable bonds is 5. The molecule has 2 heterocycles. The highest BCUT2D eigenvalue weighted by atomic mass is 16.3. The lowest BCUT2D eigenvalue weighted by molar-refractivity contribution is 0.669. The van der Waals surface area contributed by atoms with Crippen LogP contribution in [0.5, 0.6) is 0 Å². The summed E-state index contributed by atoms with van der Waals surface area (Å²) in [6.45, 7) is 0. The summed E-state index contributed by atoms with van der Waals surface area (Å²) in [5.41, 5.74) is 11.5. The van der Waals surface area contributed by atoms with Crippen molar-refractivity contribution in [3.05, 3.63) is 188 Å². The summed E-state index contributed by atoms with van der Waals surface area (Å²) in [5.74, 6) is 0. The zero-order valence-corrected chi connectivity index (χ0v) is 29.5. The second-order valence-electron chi connectivity index (χ2n) is 14.0. The highest BCUT2D eigenvalue weighted by Crippen LogP contribution is 2.43. The first-order valence-corrected chi connectivity index (χ1v) is 18.4. The monoisotopic (exact) mass is 702 g/mol. The van der Waals surface area contributed by atoms with Crippen molar-refractivity contribution >= 4 is 82.5 Å². The van der Waals surface area contributed by atoms with Gasteiger partial charge in [0.05, 0.1) is 11.6 Å². The van der Waals surface area contributed by atoms with E-state index in [1.54, 1.807) is 0 Å². The van der Waals surface area contributed by atoms with Gasteiger partial charge in [0.25, 0.3) is 0 Å². The highest BCUT2D eigenvalue weighted by Gasteiger charge is 2.19. The number of hydrogen-bond donors (Lipinski definition) is 0. The fraction of sp³-hybridized carbons (Fsp3) is 0. The maximum atomic E-state index is 9.19. The molecular formula is C51H30N2O2. The Morgan fingerprint density at radius 1 is 0.364 bits per heavy atom. The third kappa shape index (κ3) is 5.06. The van der Waals surface area contributed by atoms with Crippen LogP contribution in [0.1, 0.15) is 5.56 Å². The van der Waals surface area contributed by atoms with Gasteiger partial charge in [0.15, 0.2) is 0 Å². The van der Waals surface area contributed by atoms with Crippen molar-refractivity contribution in [2.45, 2.75) is 0 Å². The van der Waals surface area contributed by atoms with Gasteiger partial charge in [0.2, 0.25) is 0 Å². The Balaban J connectivity index is 1.03. The van der Waals surface area contributed by atoms with Crippen LogP contribution in [0.2, 0.25) is 0 Å². The fourth-order valence-corrected chi connectivity index (χ4v) is 8.19. The van der Waals surface area contributed by atoms with E-state index < -0.39 is 0 Å². The van der Waals surface area contributed by atoms with E-state index in [1.807, 2.05) is 24.3 Å². The molecular weight excluding hydrogens is 673 g/mol. The average Bonchev–Trinajstić information content (AvgIpc) is 3.82. The van der Waals surface area contributed by atoms with Crippen LogP contribution in [0, 0.1) is 11.3 Å². The Kier molecular flexibility index (Phi) is 6.89. The highest BCUT2D eigenvalue weighted by molar-refractivity contribution is 6.20. The number of fused-ring (bicyclic) bond motifs is 10. The normalized spacial score (nSPS) is 11.6. The summed E-state index contributed by atoms with van der Waals surface area (Å²) in [5, 5.41) is 18.4. The van der Waals surface area contributed by atoms with Crippen LogP contribution in [-0.2, 0) is 0 Å². The lowest BCUT2D eigenvalue weighted by Gasteiger charge is -2.25. The minimum atomic E-state index is 0.659. The SMILES string of the molecule is N#Cc1ccc(-c2ccc(-c3ccc(N(c4ccc5c(c4)oc4ccc6ccccc6c45)c4ccc5c(c4)oc4ccc6ccccc6c45)cc3)cc2)cc1. The molecule has 0 atom stereocenters. The Bertz CT molecular complexity index is 3160. The van der Waals surface area contributed by atoms with Gasteiger partial charge in [-0.15, -0.1) is 0 Å². The summed E-state index contributed by atoms with van der Waals surface area (Å²) >= 11 is 0. The van der Waals surface area contributed by atoms with Crippen LogP contribution in [-0.4, -0.2) is 0 Å². The van der Waals surface area contributed by atoms with Gasteiger partial charge in [-0.1, -0.05) is 109 Å². The Labute approximate surface area is 316 Å². The lowest BCUT2D eigenvalue weighted by atomic mass is 9.99. The van der Waals surface area contributed by atoms with Crippen LogP contribution >= 0.6 is 0 Å². The molecule has 2 aromatic heterocycles. The van der Waals surface area contributed by atoms with Gasteiger partial charge in [-0.05, 0) is 104 Å². The molecule has 0 spiro atoms. The molecule has 0 aliphatic heterocycles. The first-order valence-electron chi connectivity index (χ1n) is 18.4. The van der Waals surface area contributed by atoms with Crippen molar-refractivity contribution in [3.8, 4) is 28.3 Å². The molecule has 0 fully saturated rings. The third-order valence-electron chi connectivity index (χ3n) is 10.9. The molecule has 4 nitrogen and oxygen atoms in total. The van der Waals surface area contributed by atoms with E-state index in [0.29, 0.717) is 5.56 Å². The third-order valence-corrected chi connectivity index (χ3v) is 10.9. The molecule has 0 N–H and O–H groups in total. The second kappa shape index (κ2) is 12.2. The van der Waals surface area contributed by atoms with E-state index in [0.717, 1.165) is 83.2 Å². The summed E-state index contributed by atoms with van der Waals surface area (Å²) in [4.78, 5) is 2.27. The fourth-order valence-electron chi connectivity index (χ4n) is 8.19. The van der Waals surface area contributed by atoms with Crippen molar-refractivity contribution in [2.24, 2.45) is 0 Å². The van der Waals surface area contributed by atoms with E-state index in [4.69, 9.17) is 8.83 Å². The smallest absolute Gasteiger partial charge is 0.137 e. The van der Waals surface area contributed by atoms with Crippen LogP contribution in [0.3, 0.4) is 0 Å². The first-order chi connectivity index (χ1) is 27.2. The topological polar surface area (TPSA) is 53.3 Å². The van der Waals surface area contributed by atoms with Crippen LogP contribution < -0.4 is 4.90 Å². The van der Waals surface area contributed by atoms with Crippen LogP contribution in [0.4, 0.5) is 17.1 Å². The van der Waals surface area contributed by atoms with Crippen LogP contribution in [0.25, 0.3) is 87.7 Å². The number of hydrogen-bond acceptors (Lipinski definition) is 4. The molecule has 0 unspecified atom stereocenters. The van der Waals surface area contributed by atoms with Crippen molar-refractivity contribution in [1.82, 2.24) is 0 Å². The molecule has 11 rings (SSSR count). The quantitative estimate of drug-likeness (QED) is 0.179. The van der Waals surface area contributed by atoms with Gasteiger partial charge in [0, 0.05) is 50.7 Å². The van der Waals surface area contributed by atoms with Gasteiger partial charge < -0.3 is 13.7 Å². The molecule has 0 amide bonds. The molecule has 0 saturated carbocycles. The van der Waals surface area contributed by atoms with Crippen molar-refractivity contribution in [2.75, 3.05) is 4.90 Å². The number of anilines is 3. The minimum Gasteiger partial charge on any atom is -0.456 e. The Morgan fingerprint density at radius 2 is 0.782 bits per heavy atom. The molecule has 9 aromatic carbocycles. The number of furan rings is 2. The predicted octanol–water partition coefficient (Wildman–Crippen LogP) is 14.5. The predicted molar refractivity (Wildman–Crippen MR) is 226 cm³/mol. The van der Waals surface area contributed by atoms with E-state index >= 15 is 0 Å². The molecule has 256 valence electrons. The molecule has 11 aromatic rings. The summed E-state index contributed by atoms with van der Waals surface area (Å²) in [6, 6.07) is 65.6. The molecule has 0 bridgehead atoms. The second-order valence-corrected chi connectivity index (χ2v) is 14.0. The minimum absolute atomic E-state index is 0.659. The summed E-state index contributed by atoms with van der Waals surface area (Å²) < 4.78 is 13.1. The lowest BCUT2D eigenvalue weighted by Crippen LogP contribution is -2.09. The molecule has 0 saturated heterocycles. The number of benzene rings is 9. The van der Waals surface area contributed by atoms with Crippen molar-refractivity contribution < 1.29 is 8.83 Å². The van der Waals surface area contributed by atoms with Gasteiger partial charge in [-0.3, -0.25) is 0 Å². The van der Waals surface area contributed by atoms with Crippen molar-refractivity contribution in [1.29, 1.82) is 5.26 Å². The first kappa shape index (κ1) is 31.0. The molecule has 0 aliphatic rings. The zero-order valence-electron chi connectivity index (χ0n) is 29.5. The molecule has 0 radical (unpaired) electrons. The molecule has 0 aliphatic carbocycles. The summed E-state index contributed by atoms with van der Waals surface area (Å²) in [7, 11) is 0. The van der Waals surface area contributed by atoms with E-state index in [9.17, 15) is 5.26 Å². The molecule has 4 heteroatoms. The van der Waals surface area contributed by atoms with Gasteiger partial charge >= 0.3 is 0 Å².